The van der Waals surface area contributed by atoms with Crippen LogP contribution in [0.3, 0.4) is 0 Å². The number of para-hydroxylation sites is 2. The van der Waals surface area contributed by atoms with Gasteiger partial charge in [-0.3, -0.25) is 4.79 Å². The first-order chi connectivity index (χ1) is 14.0. The van der Waals surface area contributed by atoms with Crippen molar-refractivity contribution in [3.8, 4) is 5.75 Å². The Hall–Kier alpha value is -2.82. The van der Waals surface area contributed by atoms with Crippen molar-refractivity contribution in [1.29, 1.82) is 0 Å². The first-order valence-electron chi connectivity index (χ1n) is 10.4. The SMILES string of the molecule is CC(=O)NCCCc1nc2ccccc2n1CCCCOc1ccc(C)cc1C. The molecular weight excluding hydrogens is 362 g/mol. The Morgan fingerprint density at radius 3 is 2.72 bits per heavy atom. The molecule has 0 radical (unpaired) electrons. The number of nitrogens with zero attached hydrogens (tertiary/aromatic N) is 2. The topological polar surface area (TPSA) is 56.2 Å². The third-order valence-corrected chi connectivity index (χ3v) is 5.05. The van der Waals surface area contributed by atoms with Crippen LogP contribution in [0.4, 0.5) is 0 Å². The molecule has 0 saturated heterocycles. The lowest BCUT2D eigenvalue weighted by atomic mass is 10.1. The van der Waals surface area contributed by atoms with Crippen molar-refractivity contribution in [2.45, 2.75) is 53.0 Å². The summed E-state index contributed by atoms with van der Waals surface area (Å²) in [6.45, 7) is 8.06. The maximum atomic E-state index is 11.1. The quantitative estimate of drug-likeness (QED) is 0.513. The summed E-state index contributed by atoms with van der Waals surface area (Å²) in [4.78, 5) is 15.9. The highest BCUT2D eigenvalue weighted by atomic mass is 16.5. The van der Waals surface area contributed by atoms with E-state index in [0.717, 1.165) is 49.3 Å². The molecule has 5 nitrogen and oxygen atoms in total. The molecule has 0 aliphatic carbocycles. The molecule has 154 valence electrons. The highest BCUT2D eigenvalue weighted by Crippen LogP contribution is 2.20. The molecule has 2 aromatic carbocycles. The lowest BCUT2D eigenvalue weighted by Gasteiger charge is -2.12. The van der Waals surface area contributed by atoms with Gasteiger partial charge in [0.2, 0.25) is 5.91 Å². The second kappa shape index (κ2) is 10.1. The summed E-state index contributed by atoms with van der Waals surface area (Å²) in [7, 11) is 0. The average molecular weight is 394 g/mol. The van der Waals surface area contributed by atoms with Gasteiger partial charge in [-0.2, -0.15) is 0 Å². The van der Waals surface area contributed by atoms with Crippen LogP contribution in [-0.4, -0.2) is 28.6 Å². The van der Waals surface area contributed by atoms with Gasteiger partial charge in [0.05, 0.1) is 17.6 Å². The molecule has 0 spiro atoms. The summed E-state index contributed by atoms with van der Waals surface area (Å²) in [6, 6.07) is 14.6. The number of imidazole rings is 1. The first-order valence-corrected chi connectivity index (χ1v) is 10.4. The zero-order valence-electron chi connectivity index (χ0n) is 17.7. The molecule has 0 atom stereocenters. The highest BCUT2D eigenvalue weighted by Gasteiger charge is 2.10. The number of rotatable bonds is 10. The standard InChI is InChI=1S/C24H31N3O2/c1-18-12-13-23(19(2)17-18)29-16-7-6-15-27-22-10-5-4-9-21(22)26-24(27)11-8-14-25-20(3)28/h4-5,9-10,12-13,17H,6-8,11,14-16H2,1-3H3,(H,25,28). The van der Waals surface area contributed by atoms with Crippen LogP contribution in [0.2, 0.25) is 0 Å². The molecule has 29 heavy (non-hydrogen) atoms. The molecule has 0 fully saturated rings. The van der Waals surface area contributed by atoms with Gasteiger partial charge in [-0.15, -0.1) is 0 Å². The molecule has 0 aliphatic rings. The fraction of sp³-hybridized carbons (Fsp3) is 0.417. The van der Waals surface area contributed by atoms with Gasteiger partial charge < -0.3 is 14.6 Å². The number of hydrogen-bond acceptors (Lipinski definition) is 3. The minimum atomic E-state index is 0.0160. The van der Waals surface area contributed by atoms with Gasteiger partial charge in [0.15, 0.2) is 0 Å². The summed E-state index contributed by atoms with van der Waals surface area (Å²) in [5, 5.41) is 2.86. The summed E-state index contributed by atoms with van der Waals surface area (Å²) in [6.07, 6.45) is 3.77. The third-order valence-electron chi connectivity index (χ3n) is 5.05. The third kappa shape index (κ3) is 5.83. The molecule has 0 saturated carbocycles. The fourth-order valence-corrected chi connectivity index (χ4v) is 3.59. The van der Waals surface area contributed by atoms with E-state index in [2.05, 4.69) is 60.1 Å². The van der Waals surface area contributed by atoms with Gasteiger partial charge in [0.25, 0.3) is 0 Å². The van der Waals surface area contributed by atoms with Crippen LogP contribution in [0.5, 0.6) is 5.75 Å². The zero-order valence-corrected chi connectivity index (χ0v) is 17.7. The van der Waals surface area contributed by atoms with E-state index < -0.39 is 0 Å². The largest absolute Gasteiger partial charge is 0.493 e. The molecule has 3 aromatic rings. The molecule has 5 heteroatoms. The van der Waals surface area contributed by atoms with Crippen molar-refractivity contribution < 1.29 is 9.53 Å². The first kappa shape index (κ1) is 20.9. The van der Waals surface area contributed by atoms with Crippen LogP contribution in [0.25, 0.3) is 11.0 Å². The number of carbonyl (C=O) groups excluding carboxylic acids is 1. The van der Waals surface area contributed by atoms with Gasteiger partial charge >= 0.3 is 0 Å². The molecule has 0 unspecified atom stereocenters. The van der Waals surface area contributed by atoms with E-state index in [4.69, 9.17) is 9.72 Å². The summed E-state index contributed by atoms with van der Waals surface area (Å²) in [5.74, 6) is 2.08. The number of fused-ring (bicyclic) bond motifs is 1. The van der Waals surface area contributed by atoms with E-state index in [1.165, 1.54) is 16.6 Å². The predicted molar refractivity (Wildman–Crippen MR) is 117 cm³/mol. The van der Waals surface area contributed by atoms with Gasteiger partial charge in [0.1, 0.15) is 11.6 Å². The minimum Gasteiger partial charge on any atom is -0.493 e. The van der Waals surface area contributed by atoms with E-state index in [9.17, 15) is 4.79 Å². The number of aromatic nitrogens is 2. The Labute approximate surface area is 173 Å². The Bertz CT molecular complexity index is 962. The molecule has 1 N–H and O–H groups in total. The zero-order chi connectivity index (χ0) is 20.6. The molecule has 0 bridgehead atoms. The second-order valence-corrected chi connectivity index (χ2v) is 7.58. The second-order valence-electron chi connectivity index (χ2n) is 7.58. The number of aryl methyl sites for hydroxylation is 4. The smallest absolute Gasteiger partial charge is 0.216 e. The van der Waals surface area contributed by atoms with Crippen LogP contribution in [-0.2, 0) is 17.8 Å². The Morgan fingerprint density at radius 1 is 1.10 bits per heavy atom. The monoisotopic (exact) mass is 393 g/mol. The van der Waals surface area contributed by atoms with Gasteiger partial charge in [-0.1, -0.05) is 29.8 Å². The minimum absolute atomic E-state index is 0.0160. The normalized spacial score (nSPS) is 11.0. The van der Waals surface area contributed by atoms with Gasteiger partial charge in [-0.25, -0.2) is 4.98 Å². The molecule has 1 amide bonds. The average Bonchev–Trinajstić information content (AvgIpc) is 3.04. The van der Waals surface area contributed by atoms with Crippen LogP contribution < -0.4 is 10.1 Å². The van der Waals surface area contributed by atoms with Crippen molar-refractivity contribution in [1.82, 2.24) is 14.9 Å². The van der Waals surface area contributed by atoms with Crippen molar-refractivity contribution in [2.75, 3.05) is 13.2 Å². The summed E-state index contributed by atoms with van der Waals surface area (Å²) >= 11 is 0. The van der Waals surface area contributed by atoms with Crippen LogP contribution in [0.15, 0.2) is 42.5 Å². The van der Waals surface area contributed by atoms with Crippen LogP contribution >= 0.6 is 0 Å². The number of amides is 1. The Morgan fingerprint density at radius 2 is 1.93 bits per heavy atom. The van der Waals surface area contributed by atoms with Crippen LogP contribution in [0.1, 0.15) is 43.1 Å². The Kier molecular flexibility index (Phi) is 7.28. The van der Waals surface area contributed by atoms with Crippen LogP contribution in [0, 0.1) is 13.8 Å². The predicted octanol–water partition coefficient (Wildman–Crippen LogP) is 4.58. The lowest BCUT2D eigenvalue weighted by Crippen LogP contribution is -2.21. The number of benzene rings is 2. The van der Waals surface area contributed by atoms with E-state index >= 15 is 0 Å². The number of nitrogens with one attached hydrogen (secondary N) is 1. The number of carbonyl (C=O) groups is 1. The molecule has 1 aromatic heterocycles. The van der Waals surface area contributed by atoms with Crippen molar-refractivity contribution >= 4 is 16.9 Å². The maximum Gasteiger partial charge on any atom is 0.216 e. The summed E-state index contributed by atoms with van der Waals surface area (Å²) < 4.78 is 8.29. The molecule has 1 heterocycles. The van der Waals surface area contributed by atoms with Crippen molar-refractivity contribution in [3.63, 3.8) is 0 Å². The fourth-order valence-electron chi connectivity index (χ4n) is 3.59. The van der Waals surface area contributed by atoms with E-state index in [1.807, 2.05) is 6.07 Å². The lowest BCUT2D eigenvalue weighted by molar-refractivity contribution is -0.118. The maximum absolute atomic E-state index is 11.1. The molecular formula is C24H31N3O2. The number of ether oxygens (including phenoxy) is 1. The molecule has 0 aliphatic heterocycles. The highest BCUT2D eigenvalue weighted by molar-refractivity contribution is 5.76. The van der Waals surface area contributed by atoms with Gasteiger partial charge in [-0.05, 0) is 56.9 Å². The van der Waals surface area contributed by atoms with E-state index in [0.29, 0.717) is 13.2 Å². The van der Waals surface area contributed by atoms with Gasteiger partial charge in [0, 0.05) is 26.4 Å². The molecule has 3 rings (SSSR count). The van der Waals surface area contributed by atoms with Crippen molar-refractivity contribution in [3.05, 3.63) is 59.4 Å². The number of hydrogen-bond donors (Lipinski definition) is 1. The number of unbranched alkanes of at least 4 members (excludes halogenated alkanes) is 1. The Balaban J connectivity index is 1.55. The summed E-state index contributed by atoms with van der Waals surface area (Å²) in [5.41, 5.74) is 4.66. The van der Waals surface area contributed by atoms with Crippen molar-refractivity contribution in [2.24, 2.45) is 0 Å². The van der Waals surface area contributed by atoms with E-state index in [-0.39, 0.29) is 5.91 Å². The van der Waals surface area contributed by atoms with E-state index in [1.54, 1.807) is 6.92 Å².